The van der Waals surface area contributed by atoms with Crippen molar-refractivity contribution in [3.63, 3.8) is 0 Å². The molecule has 0 atom stereocenters. The second-order valence-corrected chi connectivity index (χ2v) is 7.62. The van der Waals surface area contributed by atoms with Crippen LogP contribution in [0.4, 0.5) is 0 Å². The molecular weight excluding hydrogens is 408 g/mol. The highest BCUT2D eigenvalue weighted by Gasteiger charge is 2.19. The van der Waals surface area contributed by atoms with Crippen LogP contribution in [0.5, 0.6) is 17.2 Å². The molecule has 0 radical (unpaired) electrons. The first-order valence-corrected chi connectivity index (χ1v) is 10.1. The lowest BCUT2D eigenvalue weighted by molar-refractivity contribution is 0.325. The van der Waals surface area contributed by atoms with Crippen LogP contribution in [0.1, 0.15) is 0 Å². The molecule has 0 bridgehead atoms. The third kappa shape index (κ3) is 3.45. The zero-order valence-corrected chi connectivity index (χ0v) is 17.8. The fourth-order valence-electron chi connectivity index (χ4n) is 3.22. The van der Waals surface area contributed by atoms with Crippen LogP contribution in [0.15, 0.2) is 60.8 Å². The van der Waals surface area contributed by atoms with E-state index < -0.39 is 0 Å². The number of benzene rings is 2. The standard InChI is InChI=1S/C22H19ClN2O3S/c1-26-18-9-8-14(21(27-2)22(18)28-3)19-10-11-20(29-19)17-12-13-24-25(17)16-7-5-4-6-15(16)23/h4-13H,1-3H3. The van der Waals surface area contributed by atoms with Crippen molar-refractivity contribution < 1.29 is 14.2 Å². The molecule has 0 amide bonds. The van der Waals surface area contributed by atoms with E-state index in [2.05, 4.69) is 17.2 Å². The Kier molecular flexibility index (Phi) is 5.47. The van der Waals surface area contributed by atoms with Gasteiger partial charge >= 0.3 is 0 Å². The van der Waals surface area contributed by atoms with Crippen LogP contribution in [-0.4, -0.2) is 31.1 Å². The van der Waals surface area contributed by atoms with Crippen molar-refractivity contribution in [1.82, 2.24) is 9.78 Å². The quantitative estimate of drug-likeness (QED) is 0.382. The summed E-state index contributed by atoms with van der Waals surface area (Å²) in [7, 11) is 4.84. The van der Waals surface area contributed by atoms with E-state index in [9.17, 15) is 0 Å². The molecule has 0 aliphatic heterocycles. The fraction of sp³-hybridized carbons (Fsp3) is 0.136. The van der Waals surface area contributed by atoms with Crippen molar-refractivity contribution in [3.05, 3.63) is 65.8 Å². The number of methoxy groups -OCH3 is 3. The average Bonchev–Trinajstić information content (AvgIpc) is 3.42. The van der Waals surface area contributed by atoms with E-state index in [1.165, 1.54) is 0 Å². The van der Waals surface area contributed by atoms with Crippen LogP contribution in [0.2, 0.25) is 5.02 Å². The van der Waals surface area contributed by atoms with E-state index in [0.29, 0.717) is 22.3 Å². The molecule has 4 aromatic rings. The van der Waals surface area contributed by atoms with Crippen LogP contribution < -0.4 is 14.2 Å². The fourth-order valence-corrected chi connectivity index (χ4v) is 4.48. The maximum absolute atomic E-state index is 6.38. The van der Waals surface area contributed by atoms with Gasteiger partial charge in [0.1, 0.15) is 0 Å². The average molecular weight is 427 g/mol. The minimum atomic E-state index is 0.573. The summed E-state index contributed by atoms with van der Waals surface area (Å²) in [6.45, 7) is 0. The Bertz CT molecular complexity index is 1150. The Hall–Kier alpha value is -2.96. The van der Waals surface area contributed by atoms with Crippen molar-refractivity contribution in [2.45, 2.75) is 0 Å². The van der Waals surface area contributed by atoms with Gasteiger partial charge in [-0.15, -0.1) is 11.3 Å². The second-order valence-electron chi connectivity index (χ2n) is 6.13. The molecule has 0 aliphatic rings. The summed E-state index contributed by atoms with van der Waals surface area (Å²) >= 11 is 8.02. The lowest BCUT2D eigenvalue weighted by Crippen LogP contribution is -1.98. The Morgan fingerprint density at radius 2 is 1.59 bits per heavy atom. The molecule has 5 nitrogen and oxygen atoms in total. The van der Waals surface area contributed by atoms with E-state index in [-0.39, 0.29) is 0 Å². The molecule has 2 heterocycles. The molecule has 0 saturated carbocycles. The third-order valence-electron chi connectivity index (χ3n) is 4.55. The molecule has 0 spiro atoms. The number of rotatable bonds is 6. The second kappa shape index (κ2) is 8.19. The van der Waals surface area contributed by atoms with Crippen LogP contribution in [0, 0.1) is 0 Å². The lowest BCUT2D eigenvalue weighted by atomic mass is 10.1. The van der Waals surface area contributed by atoms with Gasteiger partial charge in [0.2, 0.25) is 5.75 Å². The topological polar surface area (TPSA) is 45.5 Å². The third-order valence-corrected chi connectivity index (χ3v) is 6.01. The van der Waals surface area contributed by atoms with Crippen LogP contribution in [-0.2, 0) is 0 Å². The molecule has 0 N–H and O–H groups in total. The van der Waals surface area contributed by atoms with Crippen molar-refractivity contribution in [1.29, 1.82) is 0 Å². The number of halogens is 1. The summed E-state index contributed by atoms with van der Waals surface area (Å²) < 4.78 is 18.4. The molecule has 0 aliphatic carbocycles. The van der Waals surface area contributed by atoms with Gasteiger partial charge in [0.05, 0.1) is 48.8 Å². The normalized spacial score (nSPS) is 10.8. The molecule has 4 rings (SSSR count). The number of ether oxygens (including phenoxy) is 3. The maximum atomic E-state index is 6.38. The van der Waals surface area contributed by atoms with Gasteiger partial charge in [-0.3, -0.25) is 0 Å². The number of aromatic nitrogens is 2. The van der Waals surface area contributed by atoms with E-state index in [4.69, 9.17) is 25.8 Å². The molecule has 0 unspecified atom stereocenters. The first-order valence-electron chi connectivity index (χ1n) is 8.86. The van der Waals surface area contributed by atoms with Gasteiger partial charge in [-0.25, -0.2) is 4.68 Å². The van der Waals surface area contributed by atoms with Gasteiger partial charge in [0.25, 0.3) is 0 Å². The Morgan fingerprint density at radius 3 is 2.31 bits per heavy atom. The molecule has 148 valence electrons. The van der Waals surface area contributed by atoms with E-state index in [1.54, 1.807) is 38.9 Å². The minimum absolute atomic E-state index is 0.573. The number of para-hydroxylation sites is 1. The van der Waals surface area contributed by atoms with Gasteiger partial charge in [0.15, 0.2) is 11.5 Å². The molecule has 0 fully saturated rings. The summed E-state index contributed by atoms with van der Waals surface area (Å²) in [6.07, 6.45) is 1.77. The van der Waals surface area contributed by atoms with E-state index >= 15 is 0 Å². The number of hydrogen-bond donors (Lipinski definition) is 0. The van der Waals surface area contributed by atoms with Crippen molar-refractivity contribution in [2.24, 2.45) is 0 Å². The van der Waals surface area contributed by atoms with Gasteiger partial charge in [-0.05, 0) is 42.5 Å². The summed E-state index contributed by atoms with van der Waals surface area (Å²) in [5.41, 5.74) is 2.74. The summed E-state index contributed by atoms with van der Waals surface area (Å²) in [6, 6.07) is 17.6. The highest BCUT2D eigenvalue weighted by Crippen LogP contribution is 2.47. The highest BCUT2D eigenvalue weighted by atomic mass is 35.5. The van der Waals surface area contributed by atoms with Crippen LogP contribution >= 0.6 is 22.9 Å². The SMILES string of the molecule is COc1ccc(-c2ccc(-c3ccnn3-c3ccccc3Cl)s2)c(OC)c1OC. The van der Waals surface area contributed by atoms with Gasteiger partial charge in [0, 0.05) is 10.4 Å². The smallest absolute Gasteiger partial charge is 0.203 e. The summed E-state index contributed by atoms with van der Waals surface area (Å²) in [4.78, 5) is 2.11. The molecule has 0 saturated heterocycles. The Morgan fingerprint density at radius 1 is 0.828 bits per heavy atom. The first kappa shape index (κ1) is 19.4. The predicted octanol–water partition coefficient (Wildman–Crippen LogP) is 5.95. The number of thiophene rings is 1. The molecule has 7 heteroatoms. The van der Waals surface area contributed by atoms with Crippen molar-refractivity contribution in [3.8, 4) is 43.9 Å². The Labute approximate surface area is 178 Å². The zero-order chi connectivity index (χ0) is 20.4. The van der Waals surface area contributed by atoms with Gasteiger partial charge < -0.3 is 14.2 Å². The zero-order valence-electron chi connectivity index (χ0n) is 16.2. The summed E-state index contributed by atoms with van der Waals surface area (Å²) in [5, 5.41) is 5.12. The minimum Gasteiger partial charge on any atom is -0.493 e. The Balaban J connectivity index is 1.79. The predicted molar refractivity (Wildman–Crippen MR) is 117 cm³/mol. The maximum Gasteiger partial charge on any atom is 0.203 e. The lowest BCUT2D eigenvalue weighted by Gasteiger charge is -2.15. The van der Waals surface area contributed by atoms with Crippen molar-refractivity contribution >= 4 is 22.9 Å². The van der Waals surface area contributed by atoms with E-state index in [0.717, 1.165) is 26.7 Å². The van der Waals surface area contributed by atoms with E-state index in [1.807, 2.05) is 47.1 Å². The highest BCUT2D eigenvalue weighted by molar-refractivity contribution is 7.18. The molecule has 2 aromatic carbocycles. The van der Waals surface area contributed by atoms with Gasteiger partial charge in [-0.2, -0.15) is 5.10 Å². The monoisotopic (exact) mass is 426 g/mol. The van der Waals surface area contributed by atoms with Gasteiger partial charge in [-0.1, -0.05) is 23.7 Å². The van der Waals surface area contributed by atoms with Crippen LogP contribution in [0.3, 0.4) is 0 Å². The number of nitrogens with zero attached hydrogens (tertiary/aromatic N) is 2. The molecule has 29 heavy (non-hydrogen) atoms. The largest absolute Gasteiger partial charge is 0.493 e. The number of hydrogen-bond acceptors (Lipinski definition) is 5. The van der Waals surface area contributed by atoms with Crippen molar-refractivity contribution in [2.75, 3.05) is 21.3 Å². The summed E-state index contributed by atoms with van der Waals surface area (Å²) in [5.74, 6) is 1.84. The molecular formula is C22H19ClN2O3S. The first-order chi connectivity index (χ1) is 14.2. The van der Waals surface area contributed by atoms with Crippen LogP contribution in [0.25, 0.3) is 26.7 Å². The molecule has 2 aromatic heterocycles.